The fourth-order valence-corrected chi connectivity index (χ4v) is 2.62. The van der Waals surface area contributed by atoms with Crippen LogP contribution in [0.1, 0.15) is 25.0 Å². The van der Waals surface area contributed by atoms with E-state index in [1.165, 1.54) is 0 Å². The second-order valence-corrected chi connectivity index (χ2v) is 5.45. The molecule has 0 atom stereocenters. The van der Waals surface area contributed by atoms with Gasteiger partial charge in [0.25, 0.3) is 0 Å². The van der Waals surface area contributed by atoms with Crippen LogP contribution in [0.15, 0.2) is 18.3 Å². The molecule has 104 valence electrons. The highest BCUT2D eigenvalue weighted by molar-refractivity contribution is 5.81. The van der Waals surface area contributed by atoms with E-state index < -0.39 is 0 Å². The van der Waals surface area contributed by atoms with Crippen LogP contribution in [-0.4, -0.2) is 42.0 Å². The molecule has 1 saturated carbocycles. The van der Waals surface area contributed by atoms with Gasteiger partial charge >= 0.3 is 0 Å². The highest BCUT2D eigenvalue weighted by atomic mass is 16.2. The van der Waals surface area contributed by atoms with Crippen LogP contribution in [0.4, 0.5) is 5.69 Å². The van der Waals surface area contributed by atoms with Gasteiger partial charge in [0.05, 0.1) is 11.9 Å². The van der Waals surface area contributed by atoms with Crippen LogP contribution in [0.2, 0.25) is 0 Å². The molecular formula is C15H18N4O. The molecule has 1 saturated heterocycles. The molecule has 1 amide bonds. The van der Waals surface area contributed by atoms with Gasteiger partial charge in [-0.1, -0.05) is 0 Å². The second kappa shape index (κ2) is 5.49. The minimum atomic E-state index is 0.304. The molecule has 0 spiro atoms. The third kappa shape index (κ3) is 2.74. The van der Waals surface area contributed by atoms with E-state index in [0.29, 0.717) is 17.5 Å². The Hall–Kier alpha value is -2.09. The van der Waals surface area contributed by atoms with Crippen LogP contribution in [0.3, 0.4) is 0 Å². The molecule has 1 aliphatic heterocycles. The molecule has 0 N–H and O–H groups in total. The average Bonchev–Trinajstić information content (AvgIpc) is 3.33. The van der Waals surface area contributed by atoms with E-state index in [4.69, 9.17) is 5.26 Å². The third-order valence-electron chi connectivity index (χ3n) is 3.96. The standard InChI is InChI=1S/C15H18N4O/c16-10-13-4-5-14(11-17-13)18-6-1-7-19(9-8-18)15(20)12-2-3-12/h4-5,11-12H,1-3,6-9H2. The first-order valence-electron chi connectivity index (χ1n) is 7.18. The minimum absolute atomic E-state index is 0.304. The first-order chi connectivity index (χ1) is 9.78. The number of carbonyl (C=O) groups is 1. The van der Waals surface area contributed by atoms with E-state index in [1.807, 2.05) is 17.0 Å². The molecular weight excluding hydrogens is 252 g/mol. The second-order valence-electron chi connectivity index (χ2n) is 5.45. The van der Waals surface area contributed by atoms with Crippen molar-refractivity contribution in [2.45, 2.75) is 19.3 Å². The Morgan fingerprint density at radius 3 is 2.75 bits per heavy atom. The number of hydrogen-bond donors (Lipinski definition) is 0. The number of nitriles is 1. The Kier molecular flexibility index (Phi) is 3.55. The molecule has 0 unspecified atom stereocenters. The van der Waals surface area contributed by atoms with Crippen molar-refractivity contribution < 1.29 is 4.79 Å². The number of carbonyl (C=O) groups excluding carboxylic acids is 1. The minimum Gasteiger partial charge on any atom is -0.368 e. The lowest BCUT2D eigenvalue weighted by molar-refractivity contribution is -0.132. The van der Waals surface area contributed by atoms with Crippen LogP contribution >= 0.6 is 0 Å². The van der Waals surface area contributed by atoms with Gasteiger partial charge < -0.3 is 9.80 Å². The Morgan fingerprint density at radius 2 is 2.10 bits per heavy atom. The molecule has 1 aromatic heterocycles. The summed E-state index contributed by atoms with van der Waals surface area (Å²) in [5.74, 6) is 0.642. The molecule has 2 fully saturated rings. The Bertz CT molecular complexity index is 530. The third-order valence-corrected chi connectivity index (χ3v) is 3.96. The largest absolute Gasteiger partial charge is 0.368 e. The van der Waals surface area contributed by atoms with Crippen molar-refractivity contribution in [3.63, 3.8) is 0 Å². The van der Waals surface area contributed by atoms with Gasteiger partial charge in [0.2, 0.25) is 5.91 Å². The van der Waals surface area contributed by atoms with Crippen LogP contribution in [0.25, 0.3) is 0 Å². The van der Waals surface area contributed by atoms with Crippen LogP contribution in [0.5, 0.6) is 0 Å². The van der Waals surface area contributed by atoms with Gasteiger partial charge in [-0.3, -0.25) is 4.79 Å². The summed E-state index contributed by atoms with van der Waals surface area (Å²) in [6, 6.07) is 5.71. The number of pyridine rings is 1. The fourth-order valence-electron chi connectivity index (χ4n) is 2.62. The van der Waals surface area contributed by atoms with Crippen molar-refractivity contribution in [2.75, 3.05) is 31.1 Å². The number of nitrogens with zero attached hydrogens (tertiary/aromatic N) is 4. The van der Waals surface area contributed by atoms with E-state index in [-0.39, 0.29) is 0 Å². The van der Waals surface area contributed by atoms with Crippen molar-refractivity contribution in [1.82, 2.24) is 9.88 Å². The van der Waals surface area contributed by atoms with Crippen molar-refractivity contribution in [1.29, 1.82) is 5.26 Å². The Labute approximate surface area is 118 Å². The molecule has 0 aromatic carbocycles. The summed E-state index contributed by atoms with van der Waals surface area (Å²) in [6.45, 7) is 3.42. The number of rotatable bonds is 2. The molecule has 3 rings (SSSR count). The van der Waals surface area contributed by atoms with Crippen LogP contribution in [0, 0.1) is 17.2 Å². The van der Waals surface area contributed by atoms with E-state index in [2.05, 4.69) is 9.88 Å². The molecule has 2 aliphatic rings. The summed E-state index contributed by atoms with van der Waals surface area (Å²) in [7, 11) is 0. The number of hydrogen-bond acceptors (Lipinski definition) is 4. The maximum absolute atomic E-state index is 12.1. The van der Waals surface area contributed by atoms with Gasteiger partial charge in [-0.05, 0) is 31.4 Å². The molecule has 1 aliphatic carbocycles. The molecule has 5 nitrogen and oxygen atoms in total. The van der Waals surface area contributed by atoms with Crippen LogP contribution in [-0.2, 0) is 4.79 Å². The molecule has 20 heavy (non-hydrogen) atoms. The van der Waals surface area contributed by atoms with Gasteiger partial charge in [0.15, 0.2) is 0 Å². The zero-order valence-corrected chi connectivity index (χ0v) is 11.5. The number of amides is 1. The van der Waals surface area contributed by atoms with Gasteiger partial charge in [-0.25, -0.2) is 4.98 Å². The fraction of sp³-hybridized carbons (Fsp3) is 0.533. The zero-order chi connectivity index (χ0) is 13.9. The quantitative estimate of drug-likeness (QED) is 0.815. The molecule has 0 bridgehead atoms. The monoisotopic (exact) mass is 270 g/mol. The van der Waals surface area contributed by atoms with Crippen LogP contribution < -0.4 is 4.90 Å². The molecule has 2 heterocycles. The van der Waals surface area contributed by atoms with Gasteiger partial charge in [-0.2, -0.15) is 5.26 Å². The highest BCUT2D eigenvalue weighted by Gasteiger charge is 2.33. The topological polar surface area (TPSA) is 60.2 Å². The van der Waals surface area contributed by atoms with E-state index in [1.54, 1.807) is 12.3 Å². The summed E-state index contributed by atoms with van der Waals surface area (Å²) < 4.78 is 0. The highest BCUT2D eigenvalue weighted by Crippen LogP contribution is 2.31. The summed E-state index contributed by atoms with van der Waals surface area (Å²) in [5.41, 5.74) is 1.47. The van der Waals surface area contributed by atoms with Crippen molar-refractivity contribution in [2.24, 2.45) is 5.92 Å². The summed E-state index contributed by atoms with van der Waals surface area (Å²) in [4.78, 5) is 20.5. The normalized spacial score (nSPS) is 19.4. The predicted octanol–water partition coefficient (Wildman–Crippen LogP) is 1.40. The van der Waals surface area contributed by atoms with Gasteiger partial charge in [0.1, 0.15) is 11.8 Å². The lowest BCUT2D eigenvalue weighted by Gasteiger charge is -2.23. The molecule has 1 aromatic rings. The first-order valence-corrected chi connectivity index (χ1v) is 7.18. The maximum Gasteiger partial charge on any atom is 0.225 e. The van der Waals surface area contributed by atoms with E-state index >= 15 is 0 Å². The number of anilines is 1. The van der Waals surface area contributed by atoms with Crippen molar-refractivity contribution >= 4 is 11.6 Å². The zero-order valence-electron chi connectivity index (χ0n) is 11.5. The smallest absolute Gasteiger partial charge is 0.225 e. The van der Waals surface area contributed by atoms with Gasteiger partial charge in [-0.15, -0.1) is 0 Å². The summed E-state index contributed by atoms with van der Waals surface area (Å²) in [5, 5.41) is 8.77. The van der Waals surface area contributed by atoms with Gasteiger partial charge in [0, 0.05) is 32.1 Å². The lowest BCUT2D eigenvalue weighted by Crippen LogP contribution is -2.36. The maximum atomic E-state index is 12.1. The van der Waals surface area contributed by atoms with E-state index in [9.17, 15) is 4.79 Å². The average molecular weight is 270 g/mol. The predicted molar refractivity (Wildman–Crippen MR) is 75.1 cm³/mol. The summed E-state index contributed by atoms with van der Waals surface area (Å²) in [6.07, 6.45) is 4.87. The number of aromatic nitrogens is 1. The van der Waals surface area contributed by atoms with E-state index in [0.717, 1.165) is 51.1 Å². The molecule has 5 heteroatoms. The first kappa shape index (κ1) is 12.9. The van der Waals surface area contributed by atoms with Crippen molar-refractivity contribution in [3.8, 4) is 6.07 Å². The molecule has 0 radical (unpaired) electrons. The Balaban J connectivity index is 1.64. The van der Waals surface area contributed by atoms with Crippen molar-refractivity contribution in [3.05, 3.63) is 24.0 Å². The lowest BCUT2D eigenvalue weighted by atomic mass is 10.3. The SMILES string of the molecule is N#Cc1ccc(N2CCCN(C(=O)C3CC3)CC2)cn1. The Morgan fingerprint density at radius 1 is 1.25 bits per heavy atom. The summed E-state index contributed by atoms with van der Waals surface area (Å²) >= 11 is 0.